The van der Waals surface area contributed by atoms with Gasteiger partial charge in [0.05, 0.1) is 0 Å². The van der Waals surface area contributed by atoms with Crippen molar-refractivity contribution in [3.8, 4) is 5.75 Å². The predicted octanol–water partition coefficient (Wildman–Crippen LogP) is 4.38. The second-order valence-electron chi connectivity index (χ2n) is 4.05. The van der Waals surface area contributed by atoms with Gasteiger partial charge in [-0.05, 0) is 32.6 Å². The fraction of sp³-hybridized carbons (Fsp3) is 0.571. The predicted molar refractivity (Wildman–Crippen MR) is 85.6 cm³/mol. The highest BCUT2D eigenvalue weighted by Gasteiger charge is 2.28. The number of nitrogens with zero attached hydrogens (tertiary/aromatic N) is 2. The van der Waals surface area contributed by atoms with Gasteiger partial charge in [0.25, 0.3) is 0 Å². The smallest absolute Gasteiger partial charge is 0.211 e. The first-order valence-corrected chi connectivity index (χ1v) is 7.38. The number of para-hydroxylation sites is 2. The molecular weight excluding hydrogens is 283 g/mol. The molecule has 1 aromatic carbocycles. The Labute approximate surface area is 127 Å². The van der Waals surface area contributed by atoms with E-state index in [2.05, 4.69) is 25.7 Å². The average Bonchev–Trinajstić information content (AvgIpc) is 2.42. The zero-order valence-electron chi connectivity index (χ0n) is 12.2. The highest BCUT2D eigenvalue weighted by atomic mass is 35.5. The molecule has 0 fully saturated rings. The van der Waals surface area contributed by atoms with E-state index in [1.807, 2.05) is 6.92 Å². The summed E-state index contributed by atoms with van der Waals surface area (Å²) in [7, 11) is 0. The van der Waals surface area contributed by atoms with E-state index < -0.39 is 0 Å². The van der Waals surface area contributed by atoms with Crippen molar-refractivity contribution < 1.29 is 5.11 Å². The first-order chi connectivity index (χ1) is 8.92. The maximum absolute atomic E-state index is 9.39. The van der Waals surface area contributed by atoms with Crippen LogP contribution in [0, 0.1) is 0 Å². The quantitative estimate of drug-likeness (QED) is 0.816. The van der Waals surface area contributed by atoms with Crippen LogP contribution < -0.4 is 3.52 Å². The zero-order chi connectivity index (χ0) is 14.9. The Hall–Kier alpha value is -0.480. The van der Waals surface area contributed by atoms with Crippen molar-refractivity contribution in [3.05, 3.63) is 24.3 Å². The van der Waals surface area contributed by atoms with Gasteiger partial charge < -0.3 is 10.0 Å². The molecule has 0 aromatic heterocycles. The van der Waals surface area contributed by atoms with E-state index >= 15 is 0 Å². The number of phenols is 1. The molecule has 0 aliphatic heterocycles. The monoisotopic (exact) mass is 307 g/mol. The Kier molecular flexibility index (Phi) is 9.19. The van der Waals surface area contributed by atoms with Crippen molar-refractivity contribution >= 4 is 29.2 Å². The summed E-state index contributed by atoms with van der Waals surface area (Å²) in [4.78, 5) is 2.38. The number of halogens is 2. The first kappa shape index (κ1) is 18.5. The van der Waals surface area contributed by atoms with Crippen LogP contribution in [0.1, 0.15) is 27.7 Å². The number of hydrogen-bond acceptors (Lipinski definition) is 2. The maximum atomic E-state index is 9.39. The minimum atomic E-state index is -0.341. The second-order valence-corrected chi connectivity index (χ2v) is 5.38. The van der Waals surface area contributed by atoms with Crippen molar-refractivity contribution in [3.63, 3.8) is 0 Å². The van der Waals surface area contributed by atoms with Crippen molar-refractivity contribution in [1.82, 2.24) is 8.42 Å². The van der Waals surface area contributed by atoms with E-state index in [0.29, 0.717) is 12.2 Å². The van der Waals surface area contributed by atoms with Crippen LogP contribution in [0.4, 0.5) is 5.69 Å². The number of phenolic OH excluding ortho intramolecular Hbond substituents is 1. The van der Waals surface area contributed by atoms with E-state index in [9.17, 15) is 5.11 Å². The van der Waals surface area contributed by atoms with Gasteiger partial charge in [0.2, 0.25) is 5.69 Å². The van der Waals surface area contributed by atoms with Gasteiger partial charge in [-0.25, -0.2) is 0 Å². The maximum Gasteiger partial charge on any atom is 0.211 e. The van der Waals surface area contributed by atoms with Gasteiger partial charge in [0.1, 0.15) is 6.54 Å². The molecule has 1 rings (SSSR count). The third kappa shape index (κ3) is 6.48. The fourth-order valence-electron chi connectivity index (χ4n) is 1.58. The molecular formula is C14H25Cl2N2O+. The Morgan fingerprint density at radius 2 is 1.47 bits per heavy atom. The minimum Gasteiger partial charge on any atom is -0.503 e. The van der Waals surface area contributed by atoms with Gasteiger partial charge in [0.15, 0.2) is 29.3 Å². The van der Waals surface area contributed by atoms with Crippen LogP contribution in [0.15, 0.2) is 24.3 Å². The molecule has 0 aliphatic carbocycles. The molecule has 0 spiro atoms. The number of hydrogen-bond donors (Lipinski definition) is 1. The summed E-state index contributed by atoms with van der Waals surface area (Å²) in [6.07, 6.45) is 0. The van der Waals surface area contributed by atoms with Crippen molar-refractivity contribution in [2.24, 2.45) is 0 Å². The molecule has 0 radical (unpaired) electrons. The van der Waals surface area contributed by atoms with Crippen molar-refractivity contribution in [1.29, 1.82) is 0 Å². The Bertz CT molecular complexity index is 350. The van der Waals surface area contributed by atoms with Crippen molar-refractivity contribution in [2.75, 3.05) is 26.2 Å². The number of benzene rings is 1. The molecule has 3 nitrogen and oxygen atoms in total. The third-order valence-electron chi connectivity index (χ3n) is 2.97. The van der Waals surface area contributed by atoms with Crippen LogP contribution in [-0.4, -0.2) is 36.2 Å². The number of rotatable bonds is 5. The van der Waals surface area contributed by atoms with Crippen LogP contribution in [0.25, 0.3) is 0 Å². The summed E-state index contributed by atoms with van der Waals surface area (Å²) in [6, 6.07) is 6.76. The van der Waals surface area contributed by atoms with E-state index in [1.165, 1.54) is 19.6 Å². The van der Waals surface area contributed by atoms with Crippen LogP contribution in [0.5, 0.6) is 5.75 Å². The molecule has 0 heterocycles. The van der Waals surface area contributed by atoms with Gasteiger partial charge >= 0.3 is 0 Å². The number of aromatic hydroxyl groups is 1. The van der Waals surface area contributed by atoms with Crippen LogP contribution >= 0.6 is 23.6 Å². The number of quaternary nitrogens is 1. The standard InChI is InChI=1S/C8H9Cl2NO.C6H15N/c1-2-11(9,10)7-5-3-4-6-8(7)12;1-4-7(5-2)6-3/h3-6H,2H2,1H3;4-6H2,1-3H3/p+1. The van der Waals surface area contributed by atoms with E-state index in [4.69, 9.17) is 23.6 Å². The third-order valence-corrected chi connectivity index (χ3v) is 3.82. The molecule has 19 heavy (non-hydrogen) atoms. The lowest BCUT2D eigenvalue weighted by molar-refractivity contribution is 0.321. The molecule has 0 unspecified atom stereocenters. The molecule has 0 saturated carbocycles. The lowest BCUT2D eigenvalue weighted by Gasteiger charge is -2.16. The summed E-state index contributed by atoms with van der Waals surface area (Å²) in [5.74, 6) is 0.115. The Balaban J connectivity index is 0.000000399. The van der Waals surface area contributed by atoms with Gasteiger partial charge in [-0.1, -0.05) is 36.4 Å². The average molecular weight is 308 g/mol. The highest BCUT2D eigenvalue weighted by molar-refractivity contribution is 6.43. The van der Waals surface area contributed by atoms with Crippen LogP contribution in [0.2, 0.25) is 0 Å². The van der Waals surface area contributed by atoms with E-state index in [0.717, 1.165) is 0 Å². The first-order valence-electron chi connectivity index (χ1n) is 6.71. The van der Waals surface area contributed by atoms with Gasteiger partial charge in [-0.3, -0.25) is 0 Å². The fourth-order valence-corrected chi connectivity index (χ4v) is 1.87. The van der Waals surface area contributed by atoms with E-state index in [-0.39, 0.29) is 9.27 Å². The van der Waals surface area contributed by atoms with Crippen LogP contribution in [0.3, 0.4) is 0 Å². The normalized spacial score (nSPS) is 11.1. The second kappa shape index (κ2) is 9.43. The molecule has 1 aromatic rings. The molecule has 5 heteroatoms. The molecule has 0 atom stereocenters. The molecule has 1 N–H and O–H groups in total. The van der Waals surface area contributed by atoms with Crippen LogP contribution in [-0.2, 0) is 0 Å². The topological polar surface area (TPSA) is 23.5 Å². The lowest BCUT2D eigenvalue weighted by Crippen LogP contribution is -2.26. The minimum absolute atomic E-state index is 0.115. The summed E-state index contributed by atoms with van der Waals surface area (Å²) in [5, 5.41) is 9.39. The zero-order valence-corrected chi connectivity index (χ0v) is 13.7. The Morgan fingerprint density at radius 3 is 1.79 bits per heavy atom. The largest absolute Gasteiger partial charge is 0.503 e. The molecule has 110 valence electrons. The summed E-state index contributed by atoms with van der Waals surface area (Å²) in [6.45, 7) is 12.5. The Morgan fingerprint density at radius 1 is 1.00 bits per heavy atom. The van der Waals surface area contributed by atoms with Gasteiger partial charge in [-0.2, -0.15) is 0 Å². The summed E-state index contributed by atoms with van der Waals surface area (Å²) < 4.78 is -0.341. The molecule has 0 bridgehead atoms. The van der Waals surface area contributed by atoms with Gasteiger partial charge in [-0.15, -0.1) is 0 Å². The summed E-state index contributed by atoms with van der Waals surface area (Å²) in [5.41, 5.74) is 0.503. The summed E-state index contributed by atoms with van der Waals surface area (Å²) >= 11 is 11.8. The molecule has 0 saturated heterocycles. The van der Waals surface area contributed by atoms with Crippen molar-refractivity contribution in [2.45, 2.75) is 27.7 Å². The molecule has 0 aliphatic rings. The SMILES string of the molecule is CCN(CC)CC.CC[N+](Cl)(Cl)c1ccccc1O. The highest BCUT2D eigenvalue weighted by Crippen LogP contribution is 2.36. The lowest BCUT2D eigenvalue weighted by atomic mass is 10.3. The van der Waals surface area contributed by atoms with Gasteiger partial charge in [0, 0.05) is 6.07 Å². The molecule has 0 amide bonds. The van der Waals surface area contributed by atoms with E-state index in [1.54, 1.807) is 24.3 Å².